The van der Waals surface area contributed by atoms with Gasteiger partial charge >= 0.3 is 144 Å². The van der Waals surface area contributed by atoms with Gasteiger partial charge in [0.2, 0.25) is 0 Å². The van der Waals surface area contributed by atoms with E-state index in [4.69, 9.17) is 0 Å². The van der Waals surface area contributed by atoms with Gasteiger partial charge in [0.05, 0.1) is 0 Å². The molecule has 0 unspecified atom stereocenters. The molecular formula is C18H25F2OTi. The summed E-state index contributed by atoms with van der Waals surface area (Å²) in [5, 5.41) is 0. The number of unbranched alkanes of at least 4 members (excludes halogenated alkanes) is 3. The van der Waals surface area contributed by atoms with Crippen molar-refractivity contribution in [2.45, 2.75) is 66.2 Å². The third-order valence-corrected chi connectivity index (χ3v) is 5.06. The Morgan fingerprint density at radius 3 is 2.36 bits per heavy atom. The summed E-state index contributed by atoms with van der Waals surface area (Å²) in [7, 11) is 0. The molecule has 0 N–H and O–H groups in total. The van der Waals surface area contributed by atoms with Gasteiger partial charge < -0.3 is 0 Å². The number of halogens is 2. The van der Waals surface area contributed by atoms with E-state index in [0.717, 1.165) is 25.7 Å². The van der Waals surface area contributed by atoms with Crippen LogP contribution in [0.25, 0.3) is 0 Å². The molecule has 22 heavy (non-hydrogen) atoms. The third kappa shape index (κ3) is 4.49. The van der Waals surface area contributed by atoms with Crippen molar-refractivity contribution in [3.05, 3.63) is 28.8 Å². The summed E-state index contributed by atoms with van der Waals surface area (Å²) < 4.78 is 28.4. The van der Waals surface area contributed by atoms with Crippen molar-refractivity contribution in [2.24, 2.45) is 5.41 Å². The fourth-order valence-electron chi connectivity index (χ4n) is 2.36. The molecule has 0 aliphatic carbocycles. The molecule has 0 bridgehead atoms. The second kappa shape index (κ2) is 8.35. The molecule has 0 aliphatic heterocycles. The van der Waals surface area contributed by atoms with Crippen LogP contribution in [0.3, 0.4) is 0 Å². The minimum atomic E-state index is -0.634. The molecular weight excluding hydrogens is 318 g/mol. The van der Waals surface area contributed by atoms with Gasteiger partial charge in [-0.15, -0.1) is 0 Å². The van der Waals surface area contributed by atoms with Crippen LogP contribution >= 0.6 is 0 Å². The summed E-state index contributed by atoms with van der Waals surface area (Å²) in [6.07, 6.45) is 5.14. The van der Waals surface area contributed by atoms with E-state index in [1.54, 1.807) is 0 Å². The summed E-state index contributed by atoms with van der Waals surface area (Å²) in [6.45, 7) is 7.68. The third-order valence-electron chi connectivity index (χ3n) is 4.34. The average molecular weight is 343 g/mol. The molecule has 0 heterocycles. The van der Waals surface area contributed by atoms with Crippen LogP contribution in [0, 0.1) is 17.0 Å². The molecule has 0 fully saturated rings. The maximum absolute atomic E-state index is 14.5. The summed E-state index contributed by atoms with van der Waals surface area (Å²) in [4.78, 5) is 12.7. The van der Waals surface area contributed by atoms with Crippen molar-refractivity contribution in [3.63, 3.8) is 0 Å². The molecule has 1 nitrogen and oxygen atoms in total. The van der Waals surface area contributed by atoms with E-state index in [-0.39, 0.29) is 15.2 Å². The summed E-state index contributed by atoms with van der Waals surface area (Å²) in [6, 6.07) is 1.23. The standard InChI is InChI=1S/C18H25F2O.Ti/c1-5-7-8-9-10-14-15(11-13(19)12-16(14)20)17(21)18(3,4)6-2;/h11H,5-10H2,1-4H3;. The number of carbonyl (C=O) groups excluding carboxylic acids is 1. The number of ketones is 1. The van der Waals surface area contributed by atoms with E-state index < -0.39 is 17.0 Å². The number of rotatable bonds is 8. The van der Waals surface area contributed by atoms with Crippen molar-refractivity contribution >= 4 is 9.65 Å². The Morgan fingerprint density at radius 1 is 1.18 bits per heavy atom. The van der Waals surface area contributed by atoms with Gasteiger partial charge in [-0.05, 0) is 0 Å². The Kier molecular flexibility index (Phi) is 7.41. The Hall–Kier alpha value is -0.536. The molecule has 0 atom stereocenters. The zero-order valence-electron chi connectivity index (χ0n) is 14.0. The van der Waals surface area contributed by atoms with Crippen molar-refractivity contribution in [3.8, 4) is 0 Å². The molecule has 1 aromatic rings. The van der Waals surface area contributed by atoms with Gasteiger partial charge in [0, 0.05) is 0 Å². The van der Waals surface area contributed by atoms with Crippen molar-refractivity contribution < 1.29 is 34.0 Å². The van der Waals surface area contributed by atoms with Crippen LogP contribution in [0.4, 0.5) is 8.78 Å². The molecule has 0 saturated carbocycles. The predicted octanol–water partition coefficient (Wildman–Crippen LogP) is 4.88. The summed E-state index contributed by atoms with van der Waals surface area (Å²) in [5.41, 5.74) is 0.0113. The fourth-order valence-corrected chi connectivity index (χ4v) is 2.71. The van der Waals surface area contributed by atoms with Crippen molar-refractivity contribution in [1.29, 1.82) is 0 Å². The minimum absolute atomic E-state index is 0.0105. The van der Waals surface area contributed by atoms with Gasteiger partial charge in [-0.3, -0.25) is 0 Å². The fraction of sp³-hybridized carbons (Fsp3) is 0.611. The van der Waals surface area contributed by atoms with Crippen LogP contribution in [-0.4, -0.2) is 5.78 Å². The molecule has 0 saturated heterocycles. The van der Waals surface area contributed by atoms with Crippen LogP contribution in [-0.2, 0) is 26.9 Å². The van der Waals surface area contributed by atoms with Gasteiger partial charge in [0.15, 0.2) is 0 Å². The molecule has 1 aromatic carbocycles. The first-order valence-corrected chi connectivity index (χ1v) is 8.81. The number of benzene rings is 1. The first kappa shape index (κ1) is 19.5. The van der Waals surface area contributed by atoms with Crippen molar-refractivity contribution in [2.75, 3.05) is 0 Å². The normalized spacial score (nSPS) is 11.7. The number of hydrogen-bond acceptors (Lipinski definition) is 1. The predicted molar refractivity (Wildman–Crippen MR) is 82.2 cm³/mol. The zero-order chi connectivity index (χ0) is 16.9. The van der Waals surface area contributed by atoms with Gasteiger partial charge in [0.25, 0.3) is 0 Å². The van der Waals surface area contributed by atoms with Gasteiger partial charge in [-0.1, -0.05) is 0 Å². The second-order valence-corrected chi connectivity index (χ2v) is 7.23. The average Bonchev–Trinajstić information content (AvgIpc) is 2.49. The maximum atomic E-state index is 14.5. The molecule has 0 radical (unpaired) electrons. The van der Waals surface area contributed by atoms with Crippen LogP contribution in [0.1, 0.15) is 75.7 Å². The van der Waals surface area contributed by atoms with E-state index in [9.17, 15) is 13.6 Å². The van der Waals surface area contributed by atoms with Gasteiger partial charge in [-0.25, -0.2) is 0 Å². The Morgan fingerprint density at radius 2 is 1.82 bits per heavy atom. The number of carbonyl (C=O) groups is 1. The van der Waals surface area contributed by atoms with Crippen LogP contribution < -0.4 is 3.87 Å². The molecule has 0 aliphatic rings. The van der Waals surface area contributed by atoms with E-state index >= 15 is 0 Å². The SMILES string of the molecule is CCCCCCc1c(C(=O)C(C)(C)CC)cc(F)[c]([Ti])c1F. The van der Waals surface area contributed by atoms with E-state index in [0.29, 0.717) is 18.4 Å². The van der Waals surface area contributed by atoms with E-state index in [1.807, 2.05) is 20.8 Å². The Balaban J connectivity index is 3.22. The molecule has 0 amide bonds. The van der Waals surface area contributed by atoms with E-state index in [1.165, 1.54) is 26.5 Å². The van der Waals surface area contributed by atoms with E-state index in [2.05, 4.69) is 6.92 Å². The van der Waals surface area contributed by atoms with Crippen LogP contribution in [0.5, 0.6) is 0 Å². The molecule has 0 spiro atoms. The Bertz CT molecular complexity index is 538. The van der Waals surface area contributed by atoms with Gasteiger partial charge in [0.1, 0.15) is 0 Å². The number of Topliss-reactive ketones (excluding diaryl/α,β-unsaturated/α-hetero) is 1. The first-order valence-electron chi connectivity index (χ1n) is 8.03. The second-order valence-electron chi connectivity index (χ2n) is 6.45. The summed E-state index contributed by atoms with van der Waals surface area (Å²) in [5.74, 6) is -1.35. The Labute approximate surface area is 144 Å². The van der Waals surface area contributed by atoms with Crippen LogP contribution in [0.2, 0.25) is 0 Å². The zero-order valence-corrected chi connectivity index (χ0v) is 15.5. The molecule has 121 valence electrons. The van der Waals surface area contributed by atoms with Gasteiger partial charge in [-0.2, -0.15) is 0 Å². The molecule has 1 rings (SSSR count). The monoisotopic (exact) mass is 343 g/mol. The first-order chi connectivity index (χ1) is 10.3. The van der Waals surface area contributed by atoms with Crippen LogP contribution in [0.15, 0.2) is 6.07 Å². The van der Waals surface area contributed by atoms with Crippen molar-refractivity contribution in [1.82, 2.24) is 0 Å². The number of hydrogen-bond donors (Lipinski definition) is 0. The topological polar surface area (TPSA) is 17.1 Å². The molecule has 4 heteroatoms. The quantitative estimate of drug-likeness (QED) is 0.374. The molecule has 0 aromatic heterocycles. The summed E-state index contributed by atoms with van der Waals surface area (Å²) >= 11 is 1.43.